The van der Waals surface area contributed by atoms with Gasteiger partial charge in [0.05, 0.1) is 46.6 Å². The van der Waals surface area contributed by atoms with Crippen molar-refractivity contribution in [1.29, 1.82) is 0 Å². The molecule has 0 radical (unpaired) electrons. The zero-order valence-electron chi connectivity index (χ0n) is 35.6. The zero-order chi connectivity index (χ0) is 42.3. The van der Waals surface area contributed by atoms with E-state index >= 15 is 0 Å². The lowest BCUT2D eigenvalue weighted by Crippen LogP contribution is -2.15. The fraction of sp³-hybridized carbons (Fsp3) is 0.429. The molecule has 0 aliphatic carbocycles. The highest BCUT2D eigenvalue weighted by molar-refractivity contribution is 6.03. The van der Waals surface area contributed by atoms with Crippen LogP contribution < -0.4 is 33.2 Å². The van der Waals surface area contributed by atoms with Gasteiger partial charge >= 0.3 is 0 Å². The zero-order valence-corrected chi connectivity index (χ0v) is 35.6. The molecule has 0 N–H and O–H groups in total. The van der Waals surface area contributed by atoms with Gasteiger partial charge in [-0.1, -0.05) is 12.8 Å². The number of rotatable bonds is 20. The highest BCUT2D eigenvalue weighted by atomic mass is 16.6. The van der Waals surface area contributed by atoms with Gasteiger partial charge in [-0.2, -0.15) is 0 Å². The molecule has 4 aromatic rings. The maximum absolute atomic E-state index is 13.7. The number of benzene rings is 4. The molecule has 318 valence electrons. The second-order valence-corrected chi connectivity index (χ2v) is 14.9. The molecule has 2 aliphatic heterocycles. The van der Waals surface area contributed by atoms with Crippen LogP contribution in [0, 0.1) is 0 Å². The van der Waals surface area contributed by atoms with E-state index in [0.717, 1.165) is 79.7 Å². The molecule has 11 heteroatoms. The third-order valence-corrected chi connectivity index (χ3v) is 10.8. The second-order valence-electron chi connectivity index (χ2n) is 14.9. The van der Waals surface area contributed by atoms with Crippen LogP contribution in [0.15, 0.2) is 88.8 Å². The first-order valence-corrected chi connectivity index (χ1v) is 21.2. The predicted octanol–water partition coefficient (Wildman–Crippen LogP) is 9.98. The van der Waals surface area contributed by atoms with Crippen LogP contribution in [-0.2, 0) is 0 Å². The minimum Gasteiger partial charge on any atom is -0.497 e. The van der Waals surface area contributed by atoms with Crippen molar-refractivity contribution >= 4 is 23.0 Å². The fourth-order valence-corrected chi connectivity index (χ4v) is 7.68. The first kappa shape index (κ1) is 43.7. The standard InChI is InChI=1S/C49H58N2O9/c1-6-57-45-25-20-36(43(53)32-38-13-9-10-14-40(51-38)34-18-23-44(55-4)47(28-34)56-5)30-49(45)60-27-26-59-46-24-19-35(29-48(46)58-7-2)41-15-11-8-12-37(50-41)31-42(52)33-16-21-39(54-3)22-17-33/h16-25,28-30,37-38H,6-15,26-27,31-32H2,1-5H3. The lowest BCUT2D eigenvalue weighted by molar-refractivity contribution is 0.0964. The molecule has 2 aliphatic rings. The summed E-state index contributed by atoms with van der Waals surface area (Å²) in [6.07, 6.45) is 8.01. The molecule has 0 aromatic heterocycles. The number of hydrogen-bond acceptors (Lipinski definition) is 11. The molecule has 0 bridgehead atoms. The SMILES string of the molecule is CCOc1cc(C2=NC(CC(=O)c3ccc(OC)cc3)CCCC2)ccc1OCCOc1cc(C(=O)CC2CCCCC(c3ccc(OC)c(OC)c3)=N2)ccc1OCC. The smallest absolute Gasteiger partial charge is 0.165 e. The monoisotopic (exact) mass is 818 g/mol. The number of hydrogen-bond donors (Lipinski definition) is 0. The van der Waals surface area contributed by atoms with Crippen molar-refractivity contribution in [1.82, 2.24) is 0 Å². The molecule has 0 saturated heterocycles. The van der Waals surface area contributed by atoms with E-state index < -0.39 is 0 Å². The Labute approximate surface area is 354 Å². The molecule has 2 heterocycles. The molecule has 0 fully saturated rings. The summed E-state index contributed by atoms with van der Waals surface area (Å²) in [5.74, 6) is 4.36. The summed E-state index contributed by atoms with van der Waals surface area (Å²) >= 11 is 0. The van der Waals surface area contributed by atoms with E-state index in [2.05, 4.69) is 0 Å². The average Bonchev–Trinajstić information content (AvgIpc) is 3.66. The van der Waals surface area contributed by atoms with Crippen LogP contribution in [-0.4, -0.2) is 82.8 Å². The van der Waals surface area contributed by atoms with Gasteiger partial charge in [0, 0.05) is 35.4 Å². The molecule has 4 aromatic carbocycles. The Bertz CT molecular complexity index is 2130. The van der Waals surface area contributed by atoms with Gasteiger partial charge in [-0.05, 0) is 142 Å². The third-order valence-electron chi connectivity index (χ3n) is 10.8. The summed E-state index contributed by atoms with van der Waals surface area (Å²) in [5, 5.41) is 0. The summed E-state index contributed by atoms with van der Waals surface area (Å²) in [6, 6.07) is 24.1. The van der Waals surface area contributed by atoms with Gasteiger partial charge < -0.3 is 33.2 Å². The molecule has 0 spiro atoms. The first-order chi connectivity index (χ1) is 29.3. The van der Waals surface area contributed by atoms with E-state index in [4.69, 9.17) is 43.1 Å². The summed E-state index contributed by atoms with van der Waals surface area (Å²) < 4.78 is 40.5. The minimum atomic E-state index is -0.135. The normalized spacial score (nSPS) is 16.6. The number of carbonyl (C=O) groups is 2. The van der Waals surface area contributed by atoms with Crippen LogP contribution in [0.3, 0.4) is 0 Å². The van der Waals surface area contributed by atoms with Crippen LogP contribution in [0.5, 0.6) is 40.2 Å². The van der Waals surface area contributed by atoms with Gasteiger partial charge in [-0.15, -0.1) is 0 Å². The summed E-state index contributed by atoms with van der Waals surface area (Å²) in [4.78, 5) is 37.0. The van der Waals surface area contributed by atoms with Crippen LogP contribution >= 0.6 is 0 Å². The Hall–Kier alpha value is -5.84. The van der Waals surface area contributed by atoms with E-state index in [9.17, 15) is 9.59 Å². The summed E-state index contributed by atoms with van der Waals surface area (Å²) in [6.45, 7) is 5.20. The topological polar surface area (TPSA) is 123 Å². The van der Waals surface area contributed by atoms with Gasteiger partial charge in [0.25, 0.3) is 0 Å². The molecule has 6 rings (SSSR count). The third kappa shape index (κ3) is 11.7. The average molecular weight is 819 g/mol. The van der Waals surface area contributed by atoms with Crippen LogP contribution in [0.2, 0.25) is 0 Å². The van der Waals surface area contributed by atoms with Crippen LogP contribution in [0.25, 0.3) is 0 Å². The molecule has 60 heavy (non-hydrogen) atoms. The molecular formula is C49H58N2O9. The van der Waals surface area contributed by atoms with Crippen molar-refractivity contribution in [2.24, 2.45) is 9.98 Å². The summed E-state index contributed by atoms with van der Waals surface area (Å²) in [5.41, 5.74) is 5.10. The lowest BCUT2D eigenvalue weighted by Gasteiger charge is -2.17. The number of ketones is 2. The number of ether oxygens (including phenoxy) is 7. The van der Waals surface area contributed by atoms with Crippen LogP contribution in [0.1, 0.15) is 110 Å². The predicted molar refractivity (Wildman–Crippen MR) is 234 cm³/mol. The van der Waals surface area contributed by atoms with E-state index in [1.54, 1.807) is 39.5 Å². The maximum atomic E-state index is 13.7. The number of Topliss-reactive ketones (excluding diaryl/α,β-unsaturated/α-hetero) is 2. The molecular weight excluding hydrogens is 761 g/mol. The Morgan fingerprint density at radius 3 is 1.58 bits per heavy atom. The van der Waals surface area contributed by atoms with Gasteiger partial charge in [-0.25, -0.2) is 0 Å². The molecule has 11 nitrogen and oxygen atoms in total. The van der Waals surface area contributed by atoms with Crippen molar-refractivity contribution in [3.8, 4) is 40.2 Å². The number of nitrogens with zero attached hydrogens (tertiary/aromatic N) is 2. The van der Waals surface area contributed by atoms with Gasteiger partial charge in [0.1, 0.15) is 19.0 Å². The Kier molecular flexibility index (Phi) is 16.0. The largest absolute Gasteiger partial charge is 0.497 e. The highest BCUT2D eigenvalue weighted by Gasteiger charge is 2.23. The molecule has 2 atom stereocenters. The summed E-state index contributed by atoms with van der Waals surface area (Å²) in [7, 11) is 4.86. The second kappa shape index (κ2) is 22.0. The first-order valence-electron chi connectivity index (χ1n) is 21.2. The Balaban J connectivity index is 1.09. The van der Waals surface area contributed by atoms with E-state index in [1.165, 1.54) is 0 Å². The Morgan fingerprint density at radius 2 is 1.00 bits per heavy atom. The fourth-order valence-electron chi connectivity index (χ4n) is 7.68. The van der Waals surface area contributed by atoms with Crippen molar-refractivity contribution in [3.05, 3.63) is 101 Å². The highest BCUT2D eigenvalue weighted by Crippen LogP contribution is 2.34. The maximum Gasteiger partial charge on any atom is 0.165 e. The van der Waals surface area contributed by atoms with Crippen LogP contribution in [0.4, 0.5) is 0 Å². The molecule has 0 saturated carbocycles. The number of methoxy groups -OCH3 is 3. The Morgan fingerprint density at radius 1 is 0.517 bits per heavy atom. The minimum absolute atomic E-state index is 0.00339. The van der Waals surface area contributed by atoms with E-state index in [1.807, 2.05) is 74.5 Å². The van der Waals surface area contributed by atoms with E-state index in [0.29, 0.717) is 71.7 Å². The van der Waals surface area contributed by atoms with Gasteiger partial charge in [0.15, 0.2) is 46.1 Å². The molecule has 0 amide bonds. The van der Waals surface area contributed by atoms with E-state index in [-0.39, 0.29) is 36.9 Å². The van der Waals surface area contributed by atoms with Crippen molar-refractivity contribution in [2.75, 3.05) is 47.8 Å². The number of aliphatic imine (C=N–C) groups is 2. The van der Waals surface area contributed by atoms with Gasteiger partial charge in [-0.3, -0.25) is 19.6 Å². The van der Waals surface area contributed by atoms with Crippen molar-refractivity contribution in [2.45, 2.75) is 90.1 Å². The number of carbonyl (C=O) groups excluding carboxylic acids is 2. The quantitative estimate of drug-likeness (QED) is 0.0633. The van der Waals surface area contributed by atoms with Gasteiger partial charge in [0.2, 0.25) is 0 Å². The lowest BCUT2D eigenvalue weighted by atomic mass is 10.00. The molecule has 2 unspecified atom stereocenters. The van der Waals surface area contributed by atoms with Crippen molar-refractivity contribution < 1.29 is 42.7 Å². The van der Waals surface area contributed by atoms with Crippen molar-refractivity contribution in [3.63, 3.8) is 0 Å².